The molecule has 1 amide bonds. The Hall–Kier alpha value is -2.60. The van der Waals surface area contributed by atoms with Gasteiger partial charge in [0.2, 0.25) is 5.91 Å². The Labute approximate surface area is 150 Å². The third-order valence-corrected chi connectivity index (χ3v) is 5.66. The molecule has 1 aliphatic heterocycles. The Morgan fingerprint density at radius 1 is 1.08 bits per heavy atom. The summed E-state index contributed by atoms with van der Waals surface area (Å²) in [4.78, 5) is 12.6. The molecule has 3 aromatic rings. The van der Waals surface area contributed by atoms with E-state index in [1.54, 1.807) is 0 Å². The second-order valence-electron chi connectivity index (χ2n) is 6.02. The second kappa shape index (κ2) is 6.72. The zero-order valence-electron chi connectivity index (χ0n) is 13.8. The Morgan fingerprint density at radius 3 is 2.68 bits per heavy atom. The minimum absolute atomic E-state index is 0.0270. The van der Waals surface area contributed by atoms with E-state index in [0.717, 1.165) is 35.1 Å². The van der Waals surface area contributed by atoms with Crippen molar-refractivity contribution in [1.29, 1.82) is 0 Å². The van der Waals surface area contributed by atoms with Crippen molar-refractivity contribution in [1.82, 2.24) is 14.8 Å². The molecular formula is C19H18N4OS. The first kappa shape index (κ1) is 15.9. The molecule has 2 aromatic carbocycles. The minimum Gasteiger partial charge on any atom is -0.325 e. The highest BCUT2D eigenvalue weighted by molar-refractivity contribution is 8.00. The monoisotopic (exact) mass is 350 g/mol. The van der Waals surface area contributed by atoms with Gasteiger partial charge in [0.1, 0.15) is 0 Å². The largest absolute Gasteiger partial charge is 0.325 e. The van der Waals surface area contributed by atoms with Gasteiger partial charge in [0.25, 0.3) is 0 Å². The van der Waals surface area contributed by atoms with Crippen molar-refractivity contribution in [2.75, 3.05) is 5.32 Å². The zero-order chi connectivity index (χ0) is 17.2. The third-order valence-electron chi connectivity index (χ3n) is 4.36. The maximum atomic E-state index is 12.6. The quantitative estimate of drug-likeness (QED) is 0.785. The summed E-state index contributed by atoms with van der Waals surface area (Å²) in [6.45, 7) is 0. The molecule has 1 N–H and O–H groups in total. The van der Waals surface area contributed by atoms with Crippen LogP contribution in [0.15, 0.2) is 59.8 Å². The van der Waals surface area contributed by atoms with Gasteiger partial charge in [-0.1, -0.05) is 60.3 Å². The van der Waals surface area contributed by atoms with Crippen LogP contribution < -0.4 is 5.32 Å². The number of amides is 1. The molecule has 0 aliphatic carbocycles. The minimum atomic E-state index is -0.182. The average molecular weight is 350 g/mol. The summed E-state index contributed by atoms with van der Waals surface area (Å²) in [5.74, 6) is 0.833. The zero-order valence-corrected chi connectivity index (χ0v) is 14.7. The highest BCUT2D eigenvalue weighted by Gasteiger charge is 2.26. The maximum absolute atomic E-state index is 12.6. The molecule has 0 saturated carbocycles. The van der Waals surface area contributed by atoms with E-state index in [9.17, 15) is 4.79 Å². The highest BCUT2D eigenvalue weighted by atomic mass is 32.2. The van der Waals surface area contributed by atoms with Gasteiger partial charge in [-0.2, -0.15) is 0 Å². The van der Waals surface area contributed by atoms with E-state index >= 15 is 0 Å². The van der Waals surface area contributed by atoms with Gasteiger partial charge < -0.3 is 9.88 Å². The van der Waals surface area contributed by atoms with Gasteiger partial charge in [-0.05, 0) is 24.5 Å². The SMILES string of the molecule is Cn1c(S[C@H]2CCc3ccccc3NC2=O)nnc1-c1ccccc1. The Balaban J connectivity index is 1.55. The summed E-state index contributed by atoms with van der Waals surface area (Å²) < 4.78 is 1.95. The van der Waals surface area contributed by atoms with E-state index < -0.39 is 0 Å². The second-order valence-corrected chi connectivity index (χ2v) is 7.19. The van der Waals surface area contributed by atoms with Crippen LogP contribution in [0.25, 0.3) is 11.4 Å². The van der Waals surface area contributed by atoms with Crippen LogP contribution in [-0.2, 0) is 18.3 Å². The summed E-state index contributed by atoms with van der Waals surface area (Å²) in [6.07, 6.45) is 1.65. The van der Waals surface area contributed by atoms with Crippen molar-refractivity contribution in [3.63, 3.8) is 0 Å². The van der Waals surface area contributed by atoms with Crippen LogP contribution in [0, 0.1) is 0 Å². The van der Waals surface area contributed by atoms with Crippen molar-refractivity contribution in [2.45, 2.75) is 23.2 Å². The number of nitrogens with one attached hydrogen (secondary N) is 1. The van der Waals surface area contributed by atoms with Crippen LogP contribution >= 0.6 is 11.8 Å². The van der Waals surface area contributed by atoms with E-state index in [4.69, 9.17) is 0 Å². The molecular weight excluding hydrogens is 332 g/mol. The lowest BCUT2D eigenvalue weighted by Crippen LogP contribution is -2.24. The fourth-order valence-corrected chi connectivity index (χ4v) is 3.98. The Morgan fingerprint density at radius 2 is 1.84 bits per heavy atom. The van der Waals surface area contributed by atoms with E-state index in [1.807, 2.05) is 60.1 Å². The Bertz CT molecular complexity index is 907. The lowest BCUT2D eigenvalue weighted by Gasteiger charge is -2.12. The third kappa shape index (κ3) is 3.17. The van der Waals surface area contributed by atoms with Gasteiger partial charge in [0, 0.05) is 18.3 Å². The van der Waals surface area contributed by atoms with Gasteiger partial charge in [-0.3, -0.25) is 4.79 Å². The topological polar surface area (TPSA) is 59.8 Å². The number of carbonyl (C=O) groups is 1. The molecule has 0 saturated heterocycles. The van der Waals surface area contributed by atoms with Gasteiger partial charge in [-0.15, -0.1) is 10.2 Å². The normalized spacial score (nSPS) is 16.8. The lowest BCUT2D eigenvalue weighted by atomic mass is 10.1. The fourth-order valence-electron chi connectivity index (χ4n) is 2.99. The van der Waals surface area contributed by atoms with Crippen molar-refractivity contribution in [3.8, 4) is 11.4 Å². The van der Waals surface area contributed by atoms with E-state index in [2.05, 4.69) is 21.6 Å². The smallest absolute Gasteiger partial charge is 0.237 e. The first-order valence-electron chi connectivity index (χ1n) is 8.22. The predicted octanol–water partition coefficient (Wildman–Crippen LogP) is 3.53. The molecule has 0 unspecified atom stereocenters. The molecule has 1 aliphatic rings. The number of fused-ring (bicyclic) bond motifs is 1. The summed E-state index contributed by atoms with van der Waals surface area (Å²) in [5, 5.41) is 12.2. The van der Waals surface area contributed by atoms with Gasteiger partial charge in [0.15, 0.2) is 11.0 Å². The van der Waals surface area contributed by atoms with Crippen LogP contribution in [0.3, 0.4) is 0 Å². The molecule has 1 aromatic heterocycles. The standard InChI is InChI=1S/C19H18N4OS/c1-23-17(14-8-3-2-4-9-14)21-22-19(23)25-16-12-11-13-7-5-6-10-15(13)20-18(16)24/h2-10,16H,11-12H2,1H3,(H,20,24)/t16-/m0/s1. The number of carbonyl (C=O) groups excluding carboxylic acids is 1. The number of aromatic nitrogens is 3. The van der Waals surface area contributed by atoms with Crippen molar-refractivity contribution < 1.29 is 4.79 Å². The maximum Gasteiger partial charge on any atom is 0.237 e. The van der Waals surface area contributed by atoms with Crippen LogP contribution in [-0.4, -0.2) is 25.9 Å². The highest BCUT2D eigenvalue weighted by Crippen LogP contribution is 2.31. The van der Waals surface area contributed by atoms with Crippen LogP contribution in [0.5, 0.6) is 0 Å². The molecule has 0 spiro atoms. The first-order valence-corrected chi connectivity index (χ1v) is 9.10. The number of aryl methyl sites for hydroxylation is 1. The first-order chi connectivity index (χ1) is 12.2. The van der Waals surface area contributed by atoms with Crippen LogP contribution in [0.1, 0.15) is 12.0 Å². The average Bonchev–Trinajstić information content (AvgIpc) is 2.92. The molecule has 5 nitrogen and oxygen atoms in total. The van der Waals surface area contributed by atoms with Crippen molar-refractivity contribution in [3.05, 3.63) is 60.2 Å². The number of hydrogen-bond acceptors (Lipinski definition) is 4. The van der Waals surface area contributed by atoms with Gasteiger partial charge in [0.05, 0.1) is 5.25 Å². The molecule has 0 radical (unpaired) electrons. The molecule has 126 valence electrons. The summed E-state index contributed by atoms with van der Waals surface area (Å²) in [7, 11) is 1.94. The Kier molecular flexibility index (Phi) is 4.28. The summed E-state index contributed by atoms with van der Waals surface area (Å²) in [6, 6.07) is 17.9. The molecule has 2 heterocycles. The predicted molar refractivity (Wildman–Crippen MR) is 99.5 cm³/mol. The summed E-state index contributed by atoms with van der Waals surface area (Å²) >= 11 is 1.48. The molecule has 0 fully saturated rings. The van der Waals surface area contributed by atoms with Crippen molar-refractivity contribution in [2.24, 2.45) is 7.05 Å². The van der Waals surface area contributed by atoms with Crippen LogP contribution in [0.2, 0.25) is 0 Å². The molecule has 25 heavy (non-hydrogen) atoms. The number of benzene rings is 2. The van der Waals surface area contributed by atoms with Gasteiger partial charge >= 0.3 is 0 Å². The summed E-state index contributed by atoms with van der Waals surface area (Å²) in [5.41, 5.74) is 3.11. The van der Waals surface area contributed by atoms with E-state index in [0.29, 0.717) is 0 Å². The van der Waals surface area contributed by atoms with E-state index in [-0.39, 0.29) is 11.2 Å². The molecule has 0 bridgehead atoms. The number of thioether (sulfide) groups is 1. The molecule has 6 heteroatoms. The lowest BCUT2D eigenvalue weighted by molar-refractivity contribution is -0.115. The van der Waals surface area contributed by atoms with E-state index in [1.165, 1.54) is 17.3 Å². The molecule has 1 atom stereocenters. The van der Waals surface area contributed by atoms with Crippen LogP contribution in [0.4, 0.5) is 5.69 Å². The number of rotatable bonds is 3. The van der Waals surface area contributed by atoms with Gasteiger partial charge in [-0.25, -0.2) is 0 Å². The number of para-hydroxylation sites is 1. The number of nitrogens with zero attached hydrogens (tertiary/aromatic N) is 3. The number of anilines is 1. The van der Waals surface area contributed by atoms with Crippen molar-refractivity contribution >= 4 is 23.4 Å². The fraction of sp³-hybridized carbons (Fsp3) is 0.211. The molecule has 4 rings (SSSR count). The number of hydrogen-bond donors (Lipinski definition) is 1.